The number of carbonyl (C=O) groups is 2. The van der Waals surface area contributed by atoms with Gasteiger partial charge in [0.2, 0.25) is 11.8 Å². The number of oxazole rings is 1. The Morgan fingerprint density at radius 3 is 2.68 bits per heavy atom. The first-order valence-electron chi connectivity index (χ1n) is 7.10. The van der Waals surface area contributed by atoms with Crippen LogP contribution >= 0.6 is 0 Å². The molecule has 1 rings (SSSR count). The third-order valence-electron chi connectivity index (χ3n) is 2.92. The molecule has 0 atom stereocenters. The Hall–Kier alpha value is -1.93. The zero-order chi connectivity index (χ0) is 16.4. The van der Waals surface area contributed by atoms with Crippen molar-refractivity contribution in [2.24, 2.45) is 0 Å². The summed E-state index contributed by atoms with van der Waals surface area (Å²) in [5, 5.41) is 2.65. The highest BCUT2D eigenvalue weighted by molar-refractivity contribution is 5.91. The van der Waals surface area contributed by atoms with Gasteiger partial charge < -0.3 is 24.1 Å². The van der Waals surface area contributed by atoms with Crippen molar-refractivity contribution in [3.8, 4) is 0 Å². The predicted octanol–water partition coefficient (Wildman–Crippen LogP) is 0.436. The molecule has 0 saturated carbocycles. The third kappa shape index (κ3) is 5.82. The van der Waals surface area contributed by atoms with Crippen LogP contribution in [0.25, 0.3) is 0 Å². The van der Waals surface area contributed by atoms with Crippen LogP contribution in [0, 0.1) is 0 Å². The van der Waals surface area contributed by atoms with E-state index in [4.69, 9.17) is 13.9 Å². The van der Waals surface area contributed by atoms with Crippen molar-refractivity contribution < 1.29 is 23.5 Å². The van der Waals surface area contributed by atoms with Gasteiger partial charge in [-0.25, -0.2) is 4.98 Å². The number of hydrogen-bond acceptors (Lipinski definition) is 6. The molecule has 0 saturated heterocycles. The summed E-state index contributed by atoms with van der Waals surface area (Å²) >= 11 is 0. The lowest BCUT2D eigenvalue weighted by molar-refractivity contribution is -0.132. The van der Waals surface area contributed by atoms with E-state index >= 15 is 0 Å². The molecule has 22 heavy (non-hydrogen) atoms. The molecular formula is C14H23N3O5. The predicted molar refractivity (Wildman–Crippen MR) is 78.3 cm³/mol. The quantitative estimate of drug-likeness (QED) is 0.630. The van der Waals surface area contributed by atoms with E-state index in [2.05, 4.69) is 10.3 Å². The molecule has 8 nitrogen and oxygen atoms in total. The topological polar surface area (TPSA) is 93.9 Å². The molecule has 0 fully saturated rings. The van der Waals surface area contributed by atoms with E-state index < -0.39 is 0 Å². The molecule has 0 aliphatic rings. The summed E-state index contributed by atoms with van der Waals surface area (Å²) in [5.41, 5.74) is 0.182. The Kier molecular flexibility index (Phi) is 8.16. The first-order chi connectivity index (χ1) is 10.6. The fourth-order valence-corrected chi connectivity index (χ4v) is 1.73. The van der Waals surface area contributed by atoms with E-state index in [1.165, 1.54) is 6.26 Å². The van der Waals surface area contributed by atoms with Crippen LogP contribution in [0.3, 0.4) is 0 Å². The van der Waals surface area contributed by atoms with Gasteiger partial charge in [0.1, 0.15) is 6.26 Å². The van der Waals surface area contributed by atoms with Crippen molar-refractivity contribution in [1.29, 1.82) is 0 Å². The minimum Gasteiger partial charge on any atom is -0.446 e. The summed E-state index contributed by atoms with van der Waals surface area (Å²) in [7, 11) is 3.13. The number of nitrogens with one attached hydrogen (secondary N) is 1. The molecule has 0 bridgehead atoms. The fraction of sp³-hybridized carbons (Fsp3) is 0.643. The van der Waals surface area contributed by atoms with Gasteiger partial charge >= 0.3 is 0 Å². The summed E-state index contributed by atoms with van der Waals surface area (Å²) in [5.74, 6) is -0.0477. The van der Waals surface area contributed by atoms with E-state index in [9.17, 15) is 9.59 Å². The number of hydrogen-bond donors (Lipinski definition) is 1. The maximum Gasteiger partial charge on any atom is 0.273 e. The molecule has 1 aromatic rings. The Labute approximate surface area is 129 Å². The van der Waals surface area contributed by atoms with Crippen LogP contribution in [0.2, 0.25) is 0 Å². The van der Waals surface area contributed by atoms with Crippen molar-refractivity contribution in [2.45, 2.75) is 19.9 Å². The molecule has 0 unspecified atom stereocenters. The highest BCUT2D eigenvalue weighted by Crippen LogP contribution is 2.07. The molecule has 1 aromatic heterocycles. The Morgan fingerprint density at radius 1 is 1.32 bits per heavy atom. The summed E-state index contributed by atoms with van der Waals surface area (Å²) < 4.78 is 15.1. The first kappa shape index (κ1) is 18.1. The largest absolute Gasteiger partial charge is 0.446 e. The summed E-state index contributed by atoms with van der Waals surface area (Å²) in [6.45, 7) is 3.68. The van der Waals surface area contributed by atoms with Gasteiger partial charge in [-0.2, -0.15) is 0 Å². The minimum absolute atomic E-state index is 0.0265. The number of rotatable bonds is 10. The fourth-order valence-electron chi connectivity index (χ4n) is 1.73. The van der Waals surface area contributed by atoms with Crippen LogP contribution in [0.15, 0.2) is 10.7 Å². The average Bonchev–Trinajstić information content (AvgIpc) is 2.99. The van der Waals surface area contributed by atoms with Gasteiger partial charge in [0, 0.05) is 33.7 Å². The molecule has 0 aliphatic carbocycles. The van der Waals surface area contributed by atoms with Gasteiger partial charge in [-0.3, -0.25) is 9.59 Å². The lowest BCUT2D eigenvalue weighted by Gasteiger charge is -2.19. The smallest absolute Gasteiger partial charge is 0.273 e. The van der Waals surface area contributed by atoms with Gasteiger partial charge in [-0.05, 0) is 0 Å². The van der Waals surface area contributed by atoms with Crippen LogP contribution in [0.5, 0.6) is 0 Å². The van der Waals surface area contributed by atoms with Crippen molar-refractivity contribution in [3.05, 3.63) is 17.8 Å². The highest BCUT2D eigenvalue weighted by atomic mass is 16.5. The van der Waals surface area contributed by atoms with Gasteiger partial charge in [0.15, 0.2) is 5.69 Å². The second kappa shape index (κ2) is 9.91. The van der Waals surface area contributed by atoms with Crippen molar-refractivity contribution >= 4 is 11.8 Å². The molecule has 2 amide bonds. The van der Waals surface area contributed by atoms with E-state index in [1.807, 2.05) is 0 Å². The van der Waals surface area contributed by atoms with E-state index in [1.54, 1.807) is 26.0 Å². The second-order valence-electron chi connectivity index (χ2n) is 4.54. The number of carbonyl (C=O) groups excluding carboxylic acids is 2. The zero-order valence-corrected chi connectivity index (χ0v) is 13.3. The van der Waals surface area contributed by atoms with Gasteiger partial charge in [0.05, 0.1) is 19.8 Å². The molecule has 1 heterocycles. The maximum atomic E-state index is 11.8. The van der Waals surface area contributed by atoms with Crippen LogP contribution in [-0.4, -0.2) is 62.2 Å². The first-order valence-corrected chi connectivity index (χ1v) is 7.10. The van der Waals surface area contributed by atoms with E-state index in [0.29, 0.717) is 38.6 Å². The Bertz CT molecular complexity index is 475. The Morgan fingerprint density at radius 2 is 2.05 bits per heavy atom. The molecule has 0 aromatic carbocycles. The van der Waals surface area contributed by atoms with Gasteiger partial charge in [-0.15, -0.1) is 0 Å². The molecule has 0 radical (unpaired) electrons. The second-order valence-corrected chi connectivity index (χ2v) is 4.54. The number of nitrogens with zero attached hydrogens (tertiary/aromatic N) is 2. The van der Waals surface area contributed by atoms with E-state index in [-0.39, 0.29) is 24.1 Å². The lowest BCUT2D eigenvalue weighted by Crippen LogP contribution is -2.33. The number of amides is 2. The molecule has 0 aliphatic heterocycles. The molecule has 1 N–H and O–H groups in total. The number of aromatic nitrogens is 1. The summed E-state index contributed by atoms with van der Waals surface area (Å²) in [6.07, 6.45) is 1.66. The average molecular weight is 313 g/mol. The van der Waals surface area contributed by atoms with Crippen molar-refractivity contribution in [1.82, 2.24) is 15.2 Å². The number of methoxy groups -OCH3 is 2. The van der Waals surface area contributed by atoms with Crippen LogP contribution in [0.4, 0.5) is 0 Å². The molecule has 124 valence electrons. The van der Waals surface area contributed by atoms with Crippen LogP contribution in [0.1, 0.15) is 29.7 Å². The molecule has 8 heteroatoms. The van der Waals surface area contributed by atoms with Gasteiger partial charge in [-0.1, -0.05) is 6.92 Å². The van der Waals surface area contributed by atoms with Crippen molar-refractivity contribution in [2.75, 3.05) is 40.5 Å². The SMILES string of the molecule is CCC(=O)N(CCOC)Cc1nc(C(=O)NCCOC)co1. The monoisotopic (exact) mass is 313 g/mol. The third-order valence-corrected chi connectivity index (χ3v) is 2.92. The normalized spacial score (nSPS) is 10.5. The van der Waals surface area contributed by atoms with E-state index in [0.717, 1.165) is 0 Å². The molecular weight excluding hydrogens is 290 g/mol. The standard InChI is InChI=1S/C14H23N3O5/c1-4-13(18)17(6-8-21-3)9-12-16-11(10-22-12)14(19)15-5-7-20-2/h10H,4-9H2,1-3H3,(H,15,19). The Balaban J connectivity index is 2.61. The summed E-state index contributed by atoms with van der Waals surface area (Å²) in [4.78, 5) is 29.3. The molecule has 0 spiro atoms. The van der Waals surface area contributed by atoms with Crippen LogP contribution < -0.4 is 5.32 Å². The minimum atomic E-state index is -0.336. The number of ether oxygens (including phenoxy) is 2. The zero-order valence-electron chi connectivity index (χ0n) is 13.3. The summed E-state index contributed by atoms with van der Waals surface area (Å²) in [6, 6.07) is 0. The maximum absolute atomic E-state index is 11.8. The van der Waals surface area contributed by atoms with Crippen molar-refractivity contribution in [3.63, 3.8) is 0 Å². The van der Waals surface area contributed by atoms with Gasteiger partial charge in [0.25, 0.3) is 5.91 Å². The van der Waals surface area contributed by atoms with Crippen LogP contribution in [-0.2, 0) is 20.8 Å². The lowest BCUT2D eigenvalue weighted by atomic mass is 10.3. The highest BCUT2D eigenvalue weighted by Gasteiger charge is 2.17.